The first-order valence-corrected chi connectivity index (χ1v) is 7.56. The number of hydrogen-bond donors (Lipinski definition) is 1. The number of rotatable bonds is 5. The molecule has 1 aromatic heterocycles. The molecule has 21 heavy (non-hydrogen) atoms. The predicted octanol–water partition coefficient (Wildman–Crippen LogP) is 1.09. The van der Waals surface area contributed by atoms with Crippen molar-refractivity contribution in [3.05, 3.63) is 5.28 Å². The third-order valence-electron chi connectivity index (χ3n) is 3.52. The summed E-state index contributed by atoms with van der Waals surface area (Å²) >= 11 is 6.01. The number of nitrogens with zero attached hydrogens (tertiary/aromatic N) is 5. The van der Waals surface area contributed by atoms with Gasteiger partial charge in [-0.1, -0.05) is 0 Å². The van der Waals surface area contributed by atoms with E-state index in [9.17, 15) is 4.79 Å². The van der Waals surface area contributed by atoms with Crippen LogP contribution in [0, 0.1) is 0 Å². The molecule has 116 valence electrons. The fourth-order valence-corrected chi connectivity index (χ4v) is 2.38. The molecule has 0 radical (unpaired) electrons. The number of nitrogens with one attached hydrogen (secondary N) is 1. The molecule has 1 N–H and O–H groups in total. The summed E-state index contributed by atoms with van der Waals surface area (Å²) in [6.07, 6.45) is 3.92. The minimum atomic E-state index is -0.0155. The second-order valence-corrected chi connectivity index (χ2v) is 5.43. The van der Waals surface area contributed by atoms with Crippen LogP contribution in [0.2, 0.25) is 5.28 Å². The van der Waals surface area contributed by atoms with Crippen molar-refractivity contribution in [3.8, 4) is 0 Å². The van der Waals surface area contributed by atoms with Gasteiger partial charge in [-0.05, 0) is 30.9 Å². The summed E-state index contributed by atoms with van der Waals surface area (Å²) in [5.41, 5.74) is 0. The van der Waals surface area contributed by atoms with Gasteiger partial charge in [0.15, 0.2) is 0 Å². The first-order chi connectivity index (χ1) is 10.1. The van der Waals surface area contributed by atoms with E-state index < -0.39 is 0 Å². The highest BCUT2D eigenvalue weighted by atomic mass is 35.5. The van der Waals surface area contributed by atoms with E-state index in [-0.39, 0.29) is 11.2 Å². The number of anilines is 2. The number of amides is 1. The smallest absolute Gasteiger partial charge is 0.231 e. The summed E-state index contributed by atoms with van der Waals surface area (Å²) in [6.45, 7) is 2.42. The molecule has 1 saturated heterocycles. The lowest BCUT2D eigenvalue weighted by molar-refractivity contribution is -0.120. The molecule has 2 heterocycles. The number of carbonyl (C=O) groups excluding carboxylic acids is 1. The van der Waals surface area contributed by atoms with Gasteiger partial charge in [0.05, 0.1) is 0 Å². The van der Waals surface area contributed by atoms with Crippen LogP contribution < -0.4 is 15.1 Å². The van der Waals surface area contributed by atoms with Gasteiger partial charge < -0.3 is 15.1 Å². The maximum Gasteiger partial charge on any atom is 0.231 e. The van der Waals surface area contributed by atoms with Crippen molar-refractivity contribution in [2.75, 3.05) is 43.5 Å². The van der Waals surface area contributed by atoms with E-state index in [0.29, 0.717) is 24.9 Å². The van der Waals surface area contributed by atoms with Crippen LogP contribution in [-0.4, -0.2) is 54.6 Å². The van der Waals surface area contributed by atoms with Gasteiger partial charge in [-0.3, -0.25) is 4.79 Å². The lowest BCUT2D eigenvalue weighted by Crippen LogP contribution is -2.32. The van der Waals surface area contributed by atoms with E-state index in [1.807, 2.05) is 11.9 Å². The summed E-state index contributed by atoms with van der Waals surface area (Å²) in [5, 5.41) is 2.78. The number of piperidine rings is 1. The van der Waals surface area contributed by atoms with Crippen LogP contribution in [0.4, 0.5) is 11.9 Å². The second-order valence-electron chi connectivity index (χ2n) is 5.10. The number of aromatic nitrogens is 3. The molecule has 7 nitrogen and oxygen atoms in total. The van der Waals surface area contributed by atoms with Crippen molar-refractivity contribution in [3.63, 3.8) is 0 Å². The van der Waals surface area contributed by atoms with E-state index in [0.717, 1.165) is 25.9 Å². The van der Waals surface area contributed by atoms with Crippen LogP contribution in [0.1, 0.15) is 25.7 Å². The molecule has 0 unspecified atom stereocenters. The van der Waals surface area contributed by atoms with Gasteiger partial charge in [0.2, 0.25) is 23.1 Å². The molecule has 1 aliphatic heterocycles. The lowest BCUT2D eigenvalue weighted by Gasteiger charge is -2.27. The van der Waals surface area contributed by atoms with Crippen LogP contribution in [0.25, 0.3) is 0 Å². The molecule has 1 aromatic rings. The number of hydrogen-bond acceptors (Lipinski definition) is 6. The lowest BCUT2D eigenvalue weighted by atomic mass is 10.1. The zero-order valence-electron chi connectivity index (χ0n) is 12.5. The van der Waals surface area contributed by atoms with Gasteiger partial charge in [-0.15, -0.1) is 0 Å². The Balaban J connectivity index is 2.08. The molecule has 0 bridgehead atoms. The Kier molecular flexibility index (Phi) is 5.55. The molecule has 0 spiro atoms. The van der Waals surface area contributed by atoms with Crippen molar-refractivity contribution in [2.45, 2.75) is 25.7 Å². The van der Waals surface area contributed by atoms with Crippen LogP contribution in [0.3, 0.4) is 0 Å². The quantitative estimate of drug-likeness (QED) is 0.877. The van der Waals surface area contributed by atoms with Crippen molar-refractivity contribution in [1.29, 1.82) is 0 Å². The van der Waals surface area contributed by atoms with Crippen molar-refractivity contribution < 1.29 is 4.79 Å². The number of carbonyl (C=O) groups is 1. The SMILES string of the molecule is CNC(=O)CCN(C)c1nc(Cl)nc(N2CCCCC2)n1. The molecule has 0 aliphatic carbocycles. The first kappa shape index (κ1) is 15.8. The van der Waals surface area contributed by atoms with Crippen molar-refractivity contribution >= 4 is 29.4 Å². The first-order valence-electron chi connectivity index (χ1n) is 7.18. The Morgan fingerprint density at radius 1 is 1.29 bits per heavy atom. The van der Waals surface area contributed by atoms with Crippen LogP contribution >= 0.6 is 11.6 Å². The summed E-state index contributed by atoms with van der Waals surface area (Å²) in [7, 11) is 3.46. The maximum absolute atomic E-state index is 11.3. The summed E-state index contributed by atoms with van der Waals surface area (Å²) < 4.78 is 0. The standard InChI is InChI=1S/C13H21ClN6O/c1-15-10(21)6-9-19(2)12-16-11(14)17-13(18-12)20-7-4-3-5-8-20/h3-9H2,1-2H3,(H,15,21). The van der Waals surface area contributed by atoms with E-state index in [4.69, 9.17) is 11.6 Å². The average Bonchev–Trinajstić information content (AvgIpc) is 2.52. The van der Waals surface area contributed by atoms with Gasteiger partial charge in [0, 0.05) is 40.2 Å². The third kappa shape index (κ3) is 4.42. The molecular weight excluding hydrogens is 292 g/mol. The molecule has 0 aromatic carbocycles. The largest absolute Gasteiger partial charge is 0.359 e. The van der Waals surface area contributed by atoms with Crippen molar-refractivity contribution in [1.82, 2.24) is 20.3 Å². The highest BCUT2D eigenvalue weighted by Gasteiger charge is 2.17. The van der Waals surface area contributed by atoms with E-state index in [1.165, 1.54) is 6.42 Å². The molecule has 8 heteroatoms. The second kappa shape index (κ2) is 7.40. The molecule has 1 amide bonds. The normalized spacial score (nSPS) is 14.9. The summed E-state index contributed by atoms with van der Waals surface area (Å²) in [5.74, 6) is 1.11. The Bertz CT molecular complexity index is 492. The molecular formula is C13H21ClN6O. The number of halogens is 1. The Morgan fingerprint density at radius 2 is 2.00 bits per heavy atom. The van der Waals surface area contributed by atoms with E-state index in [2.05, 4.69) is 25.2 Å². The Hall–Kier alpha value is -1.63. The Labute approximate surface area is 129 Å². The van der Waals surface area contributed by atoms with Crippen LogP contribution in [0.15, 0.2) is 0 Å². The molecule has 1 aliphatic rings. The Morgan fingerprint density at radius 3 is 2.67 bits per heavy atom. The molecule has 0 atom stereocenters. The highest BCUT2D eigenvalue weighted by Crippen LogP contribution is 2.19. The van der Waals surface area contributed by atoms with Gasteiger partial charge >= 0.3 is 0 Å². The topological polar surface area (TPSA) is 74.2 Å². The zero-order valence-corrected chi connectivity index (χ0v) is 13.2. The van der Waals surface area contributed by atoms with Gasteiger partial charge in [-0.2, -0.15) is 15.0 Å². The minimum Gasteiger partial charge on any atom is -0.359 e. The molecule has 1 fully saturated rings. The summed E-state index contributed by atoms with van der Waals surface area (Å²) in [6, 6.07) is 0. The highest BCUT2D eigenvalue weighted by molar-refractivity contribution is 6.28. The fraction of sp³-hybridized carbons (Fsp3) is 0.692. The van der Waals surface area contributed by atoms with Crippen LogP contribution in [-0.2, 0) is 4.79 Å². The molecule has 2 rings (SSSR count). The van der Waals surface area contributed by atoms with Crippen molar-refractivity contribution in [2.24, 2.45) is 0 Å². The van der Waals surface area contributed by atoms with Crippen LogP contribution in [0.5, 0.6) is 0 Å². The van der Waals surface area contributed by atoms with Gasteiger partial charge in [-0.25, -0.2) is 0 Å². The average molecular weight is 313 g/mol. The fourth-order valence-electron chi connectivity index (χ4n) is 2.23. The molecule has 0 saturated carbocycles. The third-order valence-corrected chi connectivity index (χ3v) is 3.69. The minimum absolute atomic E-state index is 0.0155. The monoisotopic (exact) mass is 312 g/mol. The van der Waals surface area contributed by atoms with Gasteiger partial charge in [0.25, 0.3) is 0 Å². The summed E-state index contributed by atoms with van der Waals surface area (Å²) in [4.78, 5) is 28.1. The predicted molar refractivity (Wildman–Crippen MR) is 82.9 cm³/mol. The van der Waals surface area contributed by atoms with Gasteiger partial charge in [0.1, 0.15) is 0 Å². The van der Waals surface area contributed by atoms with E-state index >= 15 is 0 Å². The van der Waals surface area contributed by atoms with E-state index in [1.54, 1.807) is 7.05 Å². The maximum atomic E-state index is 11.3. The zero-order chi connectivity index (χ0) is 15.2.